The van der Waals surface area contributed by atoms with Crippen LogP contribution >= 0.6 is 47.5 Å². The van der Waals surface area contributed by atoms with Crippen molar-refractivity contribution in [3.05, 3.63) is 0 Å². The van der Waals surface area contributed by atoms with Gasteiger partial charge in [-0.1, -0.05) is 0 Å². The van der Waals surface area contributed by atoms with E-state index in [2.05, 4.69) is 22.5 Å². The third-order valence-electron chi connectivity index (χ3n) is 4.23. The number of nitrogens with one attached hydrogen (secondary N) is 2. The molecule has 148 valence electrons. The first-order valence-corrected chi connectivity index (χ1v) is 12.4. The molecule has 0 radical (unpaired) electrons. The molecule has 2 rings (SSSR count). The molecule has 10 heteroatoms. The second-order valence-corrected chi connectivity index (χ2v) is 11.3. The van der Waals surface area contributed by atoms with Crippen molar-refractivity contribution in [2.75, 3.05) is 55.7 Å². The van der Waals surface area contributed by atoms with Gasteiger partial charge in [0.1, 0.15) is 0 Å². The third kappa shape index (κ3) is 8.02. The van der Waals surface area contributed by atoms with E-state index in [9.17, 15) is 8.42 Å². The molecule has 0 amide bonds. The first-order chi connectivity index (χ1) is 11.5. The van der Waals surface area contributed by atoms with E-state index in [0.717, 1.165) is 30.6 Å². The first-order valence-electron chi connectivity index (χ1n) is 8.67. The van der Waals surface area contributed by atoms with E-state index in [0.29, 0.717) is 19.6 Å². The highest BCUT2D eigenvalue weighted by atomic mass is 127. The molecule has 1 unspecified atom stereocenters. The van der Waals surface area contributed by atoms with Crippen molar-refractivity contribution in [3.8, 4) is 0 Å². The zero-order chi connectivity index (χ0) is 17.5. The Labute approximate surface area is 178 Å². The topological polar surface area (TPSA) is 73.8 Å². The maximum atomic E-state index is 12.4. The van der Waals surface area contributed by atoms with Crippen LogP contribution < -0.4 is 10.6 Å². The van der Waals surface area contributed by atoms with Crippen LogP contribution in [0.15, 0.2) is 4.99 Å². The molecule has 0 aliphatic carbocycles. The minimum Gasteiger partial charge on any atom is -0.357 e. The summed E-state index contributed by atoms with van der Waals surface area (Å²) >= 11 is 3.80. The minimum absolute atomic E-state index is 0. The van der Waals surface area contributed by atoms with Crippen LogP contribution in [0.1, 0.15) is 26.7 Å². The smallest absolute Gasteiger partial charge is 0.215 e. The van der Waals surface area contributed by atoms with Gasteiger partial charge in [0.05, 0.1) is 12.3 Å². The van der Waals surface area contributed by atoms with E-state index >= 15 is 0 Å². The molecule has 0 aromatic rings. The van der Waals surface area contributed by atoms with Gasteiger partial charge in [0.15, 0.2) is 5.96 Å². The number of hydrogen-bond acceptors (Lipinski definition) is 5. The van der Waals surface area contributed by atoms with Gasteiger partial charge >= 0.3 is 0 Å². The lowest BCUT2D eigenvalue weighted by Gasteiger charge is -2.26. The molecule has 25 heavy (non-hydrogen) atoms. The summed E-state index contributed by atoms with van der Waals surface area (Å²) in [6.07, 6.45) is 2.45. The maximum absolute atomic E-state index is 12.4. The average Bonchev–Trinajstić information content (AvgIpc) is 3.00. The Balaban J connectivity index is 0.00000312. The largest absolute Gasteiger partial charge is 0.357 e. The van der Waals surface area contributed by atoms with Crippen molar-refractivity contribution >= 4 is 63.5 Å². The summed E-state index contributed by atoms with van der Waals surface area (Å²) in [7, 11) is -3.17. The Morgan fingerprint density at radius 1 is 1.24 bits per heavy atom. The number of hydrogen-bond donors (Lipinski definition) is 2. The summed E-state index contributed by atoms with van der Waals surface area (Å²) in [5, 5.41) is 6.38. The number of halogens is 1. The molecule has 2 heterocycles. The summed E-state index contributed by atoms with van der Waals surface area (Å²) < 4.78 is 26.6. The Morgan fingerprint density at radius 2 is 1.96 bits per heavy atom. The number of guanidine groups is 1. The van der Waals surface area contributed by atoms with E-state index < -0.39 is 10.0 Å². The zero-order valence-corrected chi connectivity index (χ0v) is 19.9. The van der Waals surface area contributed by atoms with Gasteiger partial charge in [-0.25, -0.2) is 12.7 Å². The van der Waals surface area contributed by atoms with Crippen LogP contribution in [0.5, 0.6) is 0 Å². The molecule has 2 aliphatic heterocycles. The Morgan fingerprint density at radius 3 is 2.56 bits per heavy atom. The molecule has 0 spiro atoms. The lowest BCUT2D eigenvalue weighted by Crippen LogP contribution is -2.44. The van der Waals surface area contributed by atoms with Crippen LogP contribution in [0, 0.1) is 0 Å². The standard InChI is InChI=1S/C15H30N4O2S3.HI/c1-3-16-14(18-13-15(2)5-4-9-23-15)17-6-12-24(20,21)19-7-10-22-11-8-19;/h3-13H2,1-2H3,(H2,16,17,18);1H. The number of aliphatic imine (C=N–C) groups is 1. The summed E-state index contributed by atoms with van der Waals surface area (Å²) in [4.78, 5) is 4.66. The van der Waals surface area contributed by atoms with Crippen LogP contribution in [0.25, 0.3) is 0 Å². The van der Waals surface area contributed by atoms with Crippen LogP contribution in [-0.2, 0) is 10.0 Å². The van der Waals surface area contributed by atoms with E-state index in [1.54, 1.807) is 4.31 Å². The van der Waals surface area contributed by atoms with Gasteiger partial charge in [0, 0.05) is 42.4 Å². The monoisotopic (exact) mass is 522 g/mol. The quantitative estimate of drug-likeness (QED) is 0.302. The fourth-order valence-electron chi connectivity index (χ4n) is 2.80. The molecule has 1 atom stereocenters. The second-order valence-electron chi connectivity index (χ2n) is 6.35. The van der Waals surface area contributed by atoms with Crippen LogP contribution in [0.4, 0.5) is 0 Å². The SMILES string of the molecule is CCNC(=NCC1(C)CCCS1)NCCS(=O)(=O)N1CCSCC1.I. The molecule has 6 nitrogen and oxygen atoms in total. The van der Waals surface area contributed by atoms with Gasteiger partial charge in [0.2, 0.25) is 10.0 Å². The van der Waals surface area contributed by atoms with E-state index in [-0.39, 0.29) is 34.5 Å². The molecule has 0 saturated carbocycles. The van der Waals surface area contributed by atoms with Crippen molar-refractivity contribution in [1.29, 1.82) is 0 Å². The number of nitrogens with zero attached hydrogens (tertiary/aromatic N) is 2. The Kier molecular flexibility index (Phi) is 10.8. The predicted molar refractivity (Wildman–Crippen MR) is 122 cm³/mol. The average molecular weight is 523 g/mol. The molecule has 2 fully saturated rings. The van der Waals surface area contributed by atoms with Crippen molar-refractivity contribution in [2.45, 2.75) is 31.4 Å². The second kappa shape index (κ2) is 11.5. The van der Waals surface area contributed by atoms with Crippen molar-refractivity contribution < 1.29 is 8.42 Å². The first kappa shape index (κ1) is 23.6. The summed E-state index contributed by atoms with van der Waals surface area (Å²) in [6, 6.07) is 0. The predicted octanol–water partition coefficient (Wildman–Crippen LogP) is 1.82. The van der Waals surface area contributed by atoms with Gasteiger partial charge in [-0.2, -0.15) is 23.5 Å². The fourth-order valence-corrected chi connectivity index (χ4v) is 6.52. The van der Waals surface area contributed by atoms with Crippen molar-refractivity contribution in [3.63, 3.8) is 0 Å². The number of sulfonamides is 1. The maximum Gasteiger partial charge on any atom is 0.215 e. The summed E-state index contributed by atoms with van der Waals surface area (Å²) in [5.74, 6) is 3.84. The van der Waals surface area contributed by atoms with Crippen LogP contribution in [0.2, 0.25) is 0 Å². The molecule has 2 N–H and O–H groups in total. The molecular formula is C15H31IN4O2S3. The van der Waals surface area contributed by atoms with Gasteiger partial charge < -0.3 is 10.6 Å². The molecule has 2 saturated heterocycles. The van der Waals surface area contributed by atoms with E-state index in [1.807, 2.05) is 30.4 Å². The van der Waals surface area contributed by atoms with Crippen molar-refractivity contribution in [1.82, 2.24) is 14.9 Å². The molecular weight excluding hydrogens is 491 g/mol. The molecule has 0 aromatic heterocycles. The van der Waals surface area contributed by atoms with Gasteiger partial charge in [-0.15, -0.1) is 24.0 Å². The molecule has 2 aliphatic rings. The normalized spacial score (nSPS) is 25.4. The minimum atomic E-state index is -3.17. The summed E-state index contributed by atoms with van der Waals surface area (Å²) in [6.45, 7) is 7.48. The highest BCUT2D eigenvalue weighted by Crippen LogP contribution is 2.37. The van der Waals surface area contributed by atoms with E-state index in [1.165, 1.54) is 18.6 Å². The fraction of sp³-hybridized carbons (Fsp3) is 0.933. The highest BCUT2D eigenvalue weighted by Gasteiger charge is 2.29. The zero-order valence-electron chi connectivity index (χ0n) is 15.1. The molecule has 0 aromatic carbocycles. The lowest BCUT2D eigenvalue weighted by molar-refractivity contribution is 0.443. The number of rotatable bonds is 7. The molecule has 0 bridgehead atoms. The van der Waals surface area contributed by atoms with Gasteiger partial charge in [-0.05, 0) is 32.4 Å². The highest BCUT2D eigenvalue weighted by molar-refractivity contribution is 14.0. The van der Waals surface area contributed by atoms with Gasteiger partial charge in [-0.3, -0.25) is 4.99 Å². The summed E-state index contributed by atoms with van der Waals surface area (Å²) in [5.41, 5.74) is 0. The third-order valence-corrected chi connectivity index (χ3v) is 8.57. The van der Waals surface area contributed by atoms with Crippen LogP contribution in [0.3, 0.4) is 0 Å². The van der Waals surface area contributed by atoms with Crippen molar-refractivity contribution in [2.24, 2.45) is 4.99 Å². The Hall–Kier alpha value is 0.610. The van der Waals surface area contributed by atoms with Gasteiger partial charge in [0.25, 0.3) is 0 Å². The lowest BCUT2D eigenvalue weighted by atomic mass is 10.1. The number of thioether (sulfide) groups is 2. The van der Waals surface area contributed by atoms with E-state index in [4.69, 9.17) is 0 Å². The van der Waals surface area contributed by atoms with Crippen LogP contribution in [-0.4, -0.2) is 79.2 Å². The Bertz CT molecular complexity index is 519.